The maximum atomic E-state index is 12.0. The van der Waals surface area contributed by atoms with E-state index in [-0.39, 0.29) is 5.91 Å². The van der Waals surface area contributed by atoms with Crippen LogP contribution in [0.3, 0.4) is 0 Å². The summed E-state index contributed by atoms with van der Waals surface area (Å²) in [7, 11) is 4.78. The molecule has 0 heterocycles. The van der Waals surface area contributed by atoms with Crippen LogP contribution in [0, 0.1) is 0 Å². The second-order valence-corrected chi connectivity index (χ2v) is 5.01. The van der Waals surface area contributed by atoms with E-state index in [1.807, 2.05) is 36.4 Å². The minimum absolute atomic E-state index is 0.192. The van der Waals surface area contributed by atoms with E-state index in [1.165, 1.54) is 6.08 Å². The predicted molar refractivity (Wildman–Crippen MR) is 93.4 cm³/mol. The average molecular weight is 327 g/mol. The van der Waals surface area contributed by atoms with E-state index in [2.05, 4.69) is 5.32 Å². The Kier molecular flexibility index (Phi) is 6.25. The van der Waals surface area contributed by atoms with Gasteiger partial charge in [0.2, 0.25) is 5.91 Å². The Bertz CT molecular complexity index is 703. The smallest absolute Gasteiger partial charge is 0.244 e. The van der Waals surface area contributed by atoms with Crippen LogP contribution in [0.5, 0.6) is 17.2 Å². The first-order valence-corrected chi connectivity index (χ1v) is 7.47. The Hall–Kier alpha value is -2.95. The molecular formula is C19H21NO4. The van der Waals surface area contributed by atoms with Crippen LogP contribution in [0.25, 0.3) is 6.08 Å². The van der Waals surface area contributed by atoms with Crippen molar-refractivity contribution in [2.75, 3.05) is 21.3 Å². The molecule has 0 saturated heterocycles. The molecule has 0 bridgehead atoms. The quantitative estimate of drug-likeness (QED) is 0.794. The average Bonchev–Trinajstić information content (AvgIpc) is 2.64. The van der Waals surface area contributed by atoms with Crippen molar-refractivity contribution >= 4 is 12.0 Å². The highest BCUT2D eigenvalue weighted by Gasteiger charge is 2.03. The van der Waals surface area contributed by atoms with Gasteiger partial charge in [-0.25, -0.2) is 0 Å². The zero-order valence-corrected chi connectivity index (χ0v) is 14.0. The fourth-order valence-electron chi connectivity index (χ4n) is 2.19. The highest BCUT2D eigenvalue weighted by molar-refractivity contribution is 5.91. The van der Waals surface area contributed by atoms with Crippen molar-refractivity contribution in [3.63, 3.8) is 0 Å². The van der Waals surface area contributed by atoms with Gasteiger partial charge in [0.1, 0.15) is 17.2 Å². The summed E-state index contributed by atoms with van der Waals surface area (Å²) in [6, 6.07) is 13.0. The molecule has 1 amide bonds. The number of hydrogen-bond donors (Lipinski definition) is 1. The van der Waals surface area contributed by atoms with E-state index in [0.717, 1.165) is 16.9 Å². The number of methoxy groups -OCH3 is 3. The molecule has 2 rings (SSSR count). The van der Waals surface area contributed by atoms with Crippen LogP contribution in [0.15, 0.2) is 48.5 Å². The molecule has 24 heavy (non-hydrogen) atoms. The van der Waals surface area contributed by atoms with Crippen LogP contribution in [0.2, 0.25) is 0 Å². The van der Waals surface area contributed by atoms with E-state index >= 15 is 0 Å². The Morgan fingerprint density at radius 2 is 1.67 bits per heavy atom. The molecule has 0 atom stereocenters. The van der Waals surface area contributed by atoms with Gasteiger partial charge in [-0.3, -0.25) is 4.79 Å². The second kappa shape index (κ2) is 8.62. The zero-order chi connectivity index (χ0) is 17.4. The van der Waals surface area contributed by atoms with Crippen molar-refractivity contribution in [3.05, 3.63) is 59.7 Å². The molecule has 0 aliphatic heterocycles. The lowest BCUT2D eigenvalue weighted by atomic mass is 10.1. The highest BCUT2D eigenvalue weighted by Crippen LogP contribution is 2.23. The van der Waals surface area contributed by atoms with Gasteiger partial charge in [-0.15, -0.1) is 0 Å². The Morgan fingerprint density at radius 1 is 1.00 bits per heavy atom. The number of carbonyl (C=O) groups excluding carboxylic acids is 1. The van der Waals surface area contributed by atoms with Gasteiger partial charge in [0.25, 0.3) is 0 Å². The highest BCUT2D eigenvalue weighted by atomic mass is 16.5. The number of para-hydroxylation sites is 1. The number of nitrogens with one attached hydrogen (secondary N) is 1. The van der Waals surface area contributed by atoms with E-state index < -0.39 is 0 Å². The Balaban J connectivity index is 2.00. The normalized spacial score (nSPS) is 10.5. The first-order valence-electron chi connectivity index (χ1n) is 7.47. The number of benzene rings is 2. The molecule has 0 fully saturated rings. The first-order chi connectivity index (χ1) is 11.7. The molecule has 0 aliphatic rings. The van der Waals surface area contributed by atoms with Crippen molar-refractivity contribution in [3.8, 4) is 17.2 Å². The largest absolute Gasteiger partial charge is 0.497 e. The lowest BCUT2D eigenvalue weighted by Gasteiger charge is -2.08. The summed E-state index contributed by atoms with van der Waals surface area (Å²) < 4.78 is 15.7. The third-order valence-electron chi connectivity index (χ3n) is 3.45. The van der Waals surface area contributed by atoms with Gasteiger partial charge in [-0.1, -0.05) is 18.2 Å². The third-order valence-corrected chi connectivity index (χ3v) is 3.45. The molecule has 0 aromatic heterocycles. The van der Waals surface area contributed by atoms with Gasteiger partial charge >= 0.3 is 0 Å². The number of amides is 1. The van der Waals surface area contributed by atoms with Crippen LogP contribution in [-0.2, 0) is 11.3 Å². The molecule has 0 radical (unpaired) electrons. The maximum absolute atomic E-state index is 12.0. The first kappa shape index (κ1) is 17.4. The summed E-state index contributed by atoms with van der Waals surface area (Å²) in [4.78, 5) is 12.0. The van der Waals surface area contributed by atoms with Crippen LogP contribution in [0.4, 0.5) is 0 Å². The maximum Gasteiger partial charge on any atom is 0.244 e. The van der Waals surface area contributed by atoms with Gasteiger partial charge in [0.15, 0.2) is 0 Å². The second-order valence-electron chi connectivity index (χ2n) is 5.01. The van der Waals surface area contributed by atoms with Crippen LogP contribution in [0.1, 0.15) is 11.1 Å². The fraction of sp³-hybridized carbons (Fsp3) is 0.211. The molecule has 0 aliphatic carbocycles. The van der Waals surface area contributed by atoms with Crippen LogP contribution < -0.4 is 19.5 Å². The van der Waals surface area contributed by atoms with E-state index in [4.69, 9.17) is 14.2 Å². The van der Waals surface area contributed by atoms with Crippen molar-refractivity contribution in [2.24, 2.45) is 0 Å². The fourth-order valence-corrected chi connectivity index (χ4v) is 2.19. The number of ether oxygens (including phenoxy) is 3. The minimum Gasteiger partial charge on any atom is -0.497 e. The Labute approximate surface area is 141 Å². The standard InChI is InChI=1S/C19H21NO4/c1-22-16-10-14(11-17(12-16)23-2)8-9-19(21)20-13-15-6-4-5-7-18(15)24-3/h4-12H,13H2,1-3H3,(H,20,21)/b9-8+. The summed E-state index contributed by atoms with van der Waals surface area (Å²) in [6.07, 6.45) is 3.19. The van der Waals surface area contributed by atoms with Crippen molar-refractivity contribution in [1.29, 1.82) is 0 Å². The van der Waals surface area contributed by atoms with Gasteiger partial charge in [0.05, 0.1) is 21.3 Å². The molecule has 5 nitrogen and oxygen atoms in total. The lowest BCUT2D eigenvalue weighted by molar-refractivity contribution is -0.116. The topological polar surface area (TPSA) is 56.8 Å². The molecule has 0 spiro atoms. The van der Waals surface area contributed by atoms with Crippen molar-refractivity contribution in [2.45, 2.75) is 6.54 Å². The predicted octanol–water partition coefficient (Wildman–Crippen LogP) is 3.04. The molecule has 126 valence electrons. The van der Waals surface area contributed by atoms with Gasteiger partial charge in [-0.2, -0.15) is 0 Å². The SMILES string of the molecule is COc1cc(/C=C/C(=O)NCc2ccccc2OC)cc(OC)c1. The van der Waals surface area contributed by atoms with Crippen molar-refractivity contribution < 1.29 is 19.0 Å². The minimum atomic E-state index is -0.192. The molecule has 1 N–H and O–H groups in total. The summed E-state index contributed by atoms with van der Waals surface area (Å²) in [6.45, 7) is 0.397. The summed E-state index contributed by atoms with van der Waals surface area (Å²) >= 11 is 0. The third kappa shape index (κ3) is 4.78. The van der Waals surface area contributed by atoms with E-state index in [0.29, 0.717) is 18.0 Å². The van der Waals surface area contributed by atoms with E-state index in [1.54, 1.807) is 33.5 Å². The molecule has 5 heteroatoms. The van der Waals surface area contributed by atoms with Gasteiger partial charge in [0, 0.05) is 24.3 Å². The molecule has 0 saturated carbocycles. The summed E-state index contributed by atoms with van der Waals surface area (Å²) in [5.41, 5.74) is 1.74. The van der Waals surface area contributed by atoms with E-state index in [9.17, 15) is 4.79 Å². The molecule has 2 aromatic rings. The van der Waals surface area contributed by atoms with Crippen LogP contribution in [-0.4, -0.2) is 27.2 Å². The lowest BCUT2D eigenvalue weighted by Crippen LogP contribution is -2.20. The zero-order valence-electron chi connectivity index (χ0n) is 14.0. The number of rotatable bonds is 7. The van der Waals surface area contributed by atoms with Crippen LogP contribution >= 0.6 is 0 Å². The van der Waals surface area contributed by atoms with Gasteiger partial charge in [-0.05, 0) is 29.8 Å². The summed E-state index contributed by atoms with van der Waals surface area (Å²) in [5, 5.41) is 2.83. The Morgan fingerprint density at radius 3 is 2.29 bits per heavy atom. The van der Waals surface area contributed by atoms with Crippen molar-refractivity contribution in [1.82, 2.24) is 5.32 Å². The molecule has 2 aromatic carbocycles. The summed E-state index contributed by atoms with van der Waals surface area (Å²) in [5.74, 6) is 1.90. The molecular weight excluding hydrogens is 306 g/mol. The van der Waals surface area contributed by atoms with Gasteiger partial charge < -0.3 is 19.5 Å². The number of hydrogen-bond acceptors (Lipinski definition) is 4. The molecule has 0 unspecified atom stereocenters. The number of carbonyl (C=O) groups is 1. The monoisotopic (exact) mass is 327 g/mol.